The smallest absolute Gasteiger partial charge is 0.222 e. The molecule has 2 saturated heterocycles. The fourth-order valence-electron chi connectivity index (χ4n) is 2.11. The standard InChI is InChI=1S/C8H13NO3/c10-6-4-9-5(8(6)12)2-1-3-7(9)11/h5-6,8,10,12H,1-4H2/t5-,6-,8-/m1/s1. The topological polar surface area (TPSA) is 60.8 Å². The zero-order chi connectivity index (χ0) is 8.72. The molecule has 2 rings (SSSR count). The van der Waals surface area contributed by atoms with Gasteiger partial charge in [-0.3, -0.25) is 4.79 Å². The highest BCUT2D eigenvalue weighted by atomic mass is 16.3. The van der Waals surface area contributed by atoms with Crippen molar-refractivity contribution >= 4 is 5.91 Å². The first-order valence-corrected chi connectivity index (χ1v) is 4.36. The number of hydrogen-bond acceptors (Lipinski definition) is 3. The van der Waals surface area contributed by atoms with Gasteiger partial charge in [0.2, 0.25) is 5.91 Å². The van der Waals surface area contributed by atoms with Crippen molar-refractivity contribution < 1.29 is 15.0 Å². The first-order chi connectivity index (χ1) is 5.70. The Hall–Kier alpha value is -0.610. The number of aliphatic hydroxyl groups excluding tert-OH is 2. The summed E-state index contributed by atoms with van der Waals surface area (Å²) in [5.74, 6) is 0.0712. The van der Waals surface area contributed by atoms with Gasteiger partial charge in [0.1, 0.15) is 6.10 Å². The number of carbonyl (C=O) groups excluding carboxylic acids is 1. The van der Waals surface area contributed by atoms with E-state index in [9.17, 15) is 15.0 Å². The Balaban J connectivity index is 2.16. The van der Waals surface area contributed by atoms with Gasteiger partial charge in [0.15, 0.2) is 0 Å². The summed E-state index contributed by atoms with van der Waals surface area (Å²) >= 11 is 0. The van der Waals surface area contributed by atoms with Crippen LogP contribution in [0.25, 0.3) is 0 Å². The Morgan fingerprint density at radius 2 is 2.17 bits per heavy atom. The number of piperidine rings is 1. The Labute approximate surface area is 70.8 Å². The molecular formula is C8H13NO3. The average Bonchev–Trinajstić information content (AvgIpc) is 2.32. The van der Waals surface area contributed by atoms with Crippen LogP contribution in [-0.2, 0) is 4.79 Å². The molecule has 2 heterocycles. The molecule has 0 radical (unpaired) electrons. The van der Waals surface area contributed by atoms with Crippen molar-refractivity contribution in [3.63, 3.8) is 0 Å². The van der Waals surface area contributed by atoms with Gasteiger partial charge in [-0.05, 0) is 12.8 Å². The van der Waals surface area contributed by atoms with Gasteiger partial charge >= 0.3 is 0 Å². The van der Waals surface area contributed by atoms with Gasteiger partial charge in [-0.25, -0.2) is 0 Å². The Bertz CT molecular complexity index is 206. The highest BCUT2D eigenvalue weighted by Gasteiger charge is 2.43. The van der Waals surface area contributed by atoms with E-state index in [1.54, 1.807) is 4.90 Å². The molecule has 0 aromatic carbocycles. The molecule has 4 nitrogen and oxygen atoms in total. The minimum absolute atomic E-state index is 0.0712. The number of amides is 1. The molecule has 3 atom stereocenters. The van der Waals surface area contributed by atoms with Gasteiger partial charge < -0.3 is 15.1 Å². The van der Waals surface area contributed by atoms with Gasteiger partial charge in [-0.1, -0.05) is 0 Å². The average molecular weight is 171 g/mol. The number of carbonyl (C=O) groups is 1. The third-order valence-electron chi connectivity index (χ3n) is 2.78. The van der Waals surface area contributed by atoms with Gasteiger partial charge in [-0.15, -0.1) is 0 Å². The third-order valence-corrected chi connectivity index (χ3v) is 2.78. The van der Waals surface area contributed by atoms with Crippen LogP contribution in [0.4, 0.5) is 0 Å². The summed E-state index contributed by atoms with van der Waals surface area (Å²) < 4.78 is 0. The highest BCUT2D eigenvalue weighted by molar-refractivity contribution is 5.77. The molecule has 0 aromatic rings. The van der Waals surface area contributed by atoms with E-state index in [1.807, 2.05) is 0 Å². The summed E-state index contributed by atoms with van der Waals surface area (Å²) in [6.07, 6.45) is 0.759. The van der Waals surface area contributed by atoms with Crippen molar-refractivity contribution in [2.45, 2.75) is 37.5 Å². The molecule has 0 aliphatic carbocycles. The van der Waals surface area contributed by atoms with E-state index in [4.69, 9.17) is 0 Å². The lowest BCUT2D eigenvalue weighted by Gasteiger charge is -2.30. The molecule has 2 fully saturated rings. The van der Waals surface area contributed by atoms with Crippen molar-refractivity contribution in [1.29, 1.82) is 0 Å². The summed E-state index contributed by atoms with van der Waals surface area (Å²) in [5, 5.41) is 18.8. The predicted molar refractivity (Wildman–Crippen MR) is 41.4 cm³/mol. The van der Waals surface area contributed by atoms with E-state index in [0.717, 1.165) is 12.8 Å². The second kappa shape index (κ2) is 2.71. The first kappa shape index (κ1) is 8.01. The van der Waals surface area contributed by atoms with Crippen LogP contribution in [0.15, 0.2) is 0 Å². The molecular weight excluding hydrogens is 158 g/mol. The van der Waals surface area contributed by atoms with Gasteiger partial charge in [0, 0.05) is 13.0 Å². The van der Waals surface area contributed by atoms with Crippen molar-refractivity contribution in [2.24, 2.45) is 0 Å². The molecule has 2 aliphatic rings. The van der Waals surface area contributed by atoms with Gasteiger partial charge in [0.05, 0.1) is 12.1 Å². The van der Waals surface area contributed by atoms with E-state index < -0.39 is 12.2 Å². The number of aliphatic hydroxyl groups is 2. The van der Waals surface area contributed by atoms with Crippen molar-refractivity contribution in [3.05, 3.63) is 0 Å². The van der Waals surface area contributed by atoms with Crippen LogP contribution in [0.2, 0.25) is 0 Å². The molecule has 0 aromatic heterocycles. The lowest BCUT2D eigenvalue weighted by molar-refractivity contribution is -0.135. The molecule has 1 amide bonds. The number of hydrogen-bond donors (Lipinski definition) is 2. The zero-order valence-corrected chi connectivity index (χ0v) is 6.81. The van der Waals surface area contributed by atoms with E-state index in [1.165, 1.54) is 0 Å². The van der Waals surface area contributed by atoms with E-state index in [0.29, 0.717) is 13.0 Å². The number of nitrogens with zero attached hydrogens (tertiary/aromatic N) is 1. The Kier molecular flexibility index (Phi) is 1.81. The summed E-state index contributed by atoms with van der Waals surface area (Å²) in [4.78, 5) is 12.9. The molecule has 0 unspecified atom stereocenters. The van der Waals surface area contributed by atoms with E-state index >= 15 is 0 Å². The predicted octanol–water partition coefficient (Wildman–Crippen LogP) is -0.897. The lowest BCUT2D eigenvalue weighted by atomic mass is 10.00. The van der Waals surface area contributed by atoms with Crippen LogP contribution < -0.4 is 0 Å². The van der Waals surface area contributed by atoms with Crippen molar-refractivity contribution in [1.82, 2.24) is 4.90 Å². The van der Waals surface area contributed by atoms with Gasteiger partial charge in [-0.2, -0.15) is 0 Å². The second-order valence-electron chi connectivity index (χ2n) is 3.56. The van der Waals surface area contributed by atoms with Crippen molar-refractivity contribution in [2.75, 3.05) is 6.54 Å². The molecule has 2 aliphatic heterocycles. The molecule has 12 heavy (non-hydrogen) atoms. The fourth-order valence-corrected chi connectivity index (χ4v) is 2.11. The first-order valence-electron chi connectivity index (χ1n) is 4.36. The fraction of sp³-hybridized carbons (Fsp3) is 0.875. The second-order valence-corrected chi connectivity index (χ2v) is 3.56. The van der Waals surface area contributed by atoms with E-state index in [-0.39, 0.29) is 11.9 Å². The van der Waals surface area contributed by atoms with Crippen LogP contribution in [0, 0.1) is 0 Å². The summed E-state index contributed by atoms with van der Waals surface area (Å²) in [7, 11) is 0. The third kappa shape index (κ3) is 1.03. The maximum Gasteiger partial charge on any atom is 0.222 e. The molecule has 0 bridgehead atoms. The minimum atomic E-state index is -0.739. The molecule has 2 N–H and O–H groups in total. The largest absolute Gasteiger partial charge is 0.388 e. The lowest BCUT2D eigenvalue weighted by Crippen LogP contribution is -2.42. The summed E-state index contributed by atoms with van der Waals surface area (Å²) in [5.41, 5.74) is 0. The maximum absolute atomic E-state index is 11.3. The quantitative estimate of drug-likeness (QED) is 0.496. The molecule has 0 saturated carbocycles. The highest BCUT2D eigenvalue weighted by Crippen LogP contribution is 2.27. The maximum atomic E-state index is 11.3. The molecule has 68 valence electrons. The van der Waals surface area contributed by atoms with Crippen LogP contribution in [0.3, 0.4) is 0 Å². The Morgan fingerprint density at radius 3 is 2.83 bits per heavy atom. The normalized spacial score (nSPS) is 41.7. The van der Waals surface area contributed by atoms with Crippen LogP contribution >= 0.6 is 0 Å². The van der Waals surface area contributed by atoms with Crippen LogP contribution in [-0.4, -0.2) is 45.8 Å². The number of rotatable bonds is 0. The van der Waals surface area contributed by atoms with Crippen molar-refractivity contribution in [3.8, 4) is 0 Å². The molecule has 0 spiro atoms. The molecule has 4 heteroatoms. The monoisotopic (exact) mass is 171 g/mol. The van der Waals surface area contributed by atoms with Crippen LogP contribution in [0.1, 0.15) is 19.3 Å². The van der Waals surface area contributed by atoms with Crippen LogP contribution in [0.5, 0.6) is 0 Å². The minimum Gasteiger partial charge on any atom is -0.388 e. The summed E-state index contributed by atoms with van der Waals surface area (Å²) in [6.45, 7) is 0.310. The summed E-state index contributed by atoms with van der Waals surface area (Å²) in [6, 6.07) is -0.124. The van der Waals surface area contributed by atoms with Gasteiger partial charge in [0.25, 0.3) is 0 Å². The Morgan fingerprint density at radius 1 is 1.42 bits per heavy atom. The number of fused-ring (bicyclic) bond motifs is 1. The van der Waals surface area contributed by atoms with E-state index in [2.05, 4.69) is 0 Å². The SMILES string of the molecule is O=C1CCC[C@@H]2[C@@H](O)[C@H](O)CN12. The zero-order valence-electron chi connectivity index (χ0n) is 6.81.